The fraction of sp³-hybridized carbons (Fsp3) is 0.391. The van der Waals surface area contributed by atoms with E-state index >= 15 is 0 Å². The maximum absolute atomic E-state index is 12.8. The van der Waals surface area contributed by atoms with Crippen LogP contribution in [0.3, 0.4) is 0 Å². The van der Waals surface area contributed by atoms with Gasteiger partial charge in [-0.3, -0.25) is 9.59 Å². The molecule has 8 nitrogen and oxygen atoms in total. The van der Waals surface area contributed by atoms with E-state index in [2.05, 4.69) is 4.74 Å². The maximum atomic E-state index is 12.8. The van der Waals surface area contributed by atoms with Gasteiger partial charge in [0.25, 0.3) is 5.91 Å². The van der Waals surface area contributed by atoms with E-state index in [0.717, 1.165) is 5.56 Å². The van der Waals surface area contributed by atoms with Crippen LogP contribution in [-0.2, 0) is 21.2 Å². The lowest BCUT2D eigenvalue weighted by atomic mass is 10.0. The van der Waals surface area contributed by atoms with Gasteiger partial charge in [0.15, 0.2) is 0 Å². The quantitative estimate of drug-likeness (QED) is 0.641. The Balaban J connectivity index is 1.26. The number of hydrogen-bond acceptors (Lipinski definition) is 5. The normalized spacial score (nSPS) is 20.1. The van der Waals surface area contributed by atoms with Crippen LogP contribution >= 0.6 is 0 Å². The standard InChI is InChI=1S/C23H24F3N3O5S/c24-23(25,26)34-19-6-1-15(2-7-19)3-10-21(30)28-11-17-13-29(14-18(17)12-28)22(31)16-4-8-20(9-5-16)35(27,32)33/h1-2,4-9,17-18H,3,10-14H2,(H2,27,32,33)/t17-,18-/m1/s1. The van der Waals surface area contributed by atoms with Crippen molar-refractivity contribution in [3.05, 3.63) is 59.7 Å². The Hall–Kier alpha value is -3.12. The number of carbonyl (C=O) groups is 2. The number of rotatable bonds is 6. The summed E-state index contributed by atoms with van der Waals surface area (Å²) >= 11 is 0. The summed E-state index contributed by atoms with van der Waals surface area (Å²) in [6.07, 6.45) is -4.11. The van der Waals surface area contributed by atoms with Crippen molar-refractivity contribution in [1.82, 2.24) is 9.80 Å². The second kappa shape index (κ2) is 9.50. The minimum Gasteiger partial charge on any atom is -0.406 e. The zero-order valence-corrected chi connectivity index (χ0v) is 19.4. The van der Waals surface area contributed by atoms with E-state index in [1.165, 1.54) is 48.5 Å². The van der Waals surface area contributed by atoms with Gasteiger partial charge in [-0.15, -0.1) is 13.2 Å². The molecule has 0 saturated carbocycles. The third-order valence-corrected chi connectivity index (χ3v) is 7.27. The highest BCUT2D eigenvalue weighted by Gasteiger charge is 2.43. The van der Waals surface area contributed by atoms with Gasteiger partial charge in [0.05, 0.1) is 4.90 Å². The zero-order chi connectivity index (χ0) is 25.4. The predicted octanol–water partition coefficient (Wildman–Crippen LogP) is 2.40. The van der Waals surface area contributed by atoms with Crippen LogP contribution in [0.25, 0.3) is 0 Å². The van der Waals surface area contributed by atoms with Gasteiger partial charge in [0, 0.05) is 50.0 Å². The fourth-order valence-electron chi connectivity index (χ4n) is 4.60. The summed E-state index contributed by atoms with van der Waals surface area (Å²) in [6.45, 7) is 2.09. The third kappa shape index (κ3) is 6.12. The monoisotopic (exact) mass is 511 g/mol. The van der Waals surface area contributed by atoms with E-state index in [1.54, 1.807) is 9.80 Å². The molecule has 2 amide bonds. The molecule has 2 aromatic rings. The van der Waals surface area contributed by atoms with Gasteiger partial charge in [-0.25, -0.2) is 13.6 Å². The van der Waals surface area contributed by atoms with E-state index in [1.807, 2.05) is 0 Å². The van der Waals surface area contributed by atoms with Crippen LogP contribution in [-0.4, -0.2) is 62.6 Å². The molecular formula is C23H24F3N3O5S. The number of nitrogens with two attached hydrogens (primary N) is 1. The van der Waals surface area contributed by atoms with Gasteiger partial charge >= 0.3 is 6.36 Å². The summed E-state index contributed by atoms with van der Waals surface area (Å²) in [4.78, 5) is 28.9. The average Bonchev–Trinajstić information content (AvgIpc) is 3.36. The van der Waals surface area contributed by atoms with Crippen molar-refractivity contribution in [3.63, 3.8) is 0 Å². The van der Waals surface area contributed by atoms with Crippen molar-refractivity contribution in [1.29, 1.82) is 0 Å². The average molecular weight is 512 g/mol. The van der Waals surface area contributed by atoms with E-state index in [4.69, 9.17) is 5.14 Å². The number of nitrogens with zero attached hydrogens (tertiary/aromatic N) is 2. The Morgan fingerprint density at radius 2 is 1.46 bits per heavy atom. The molecule has 0 bridgehead atoms. The van der Waals surface area contributed by atoms with E-state index < -0.39 is 16.4 Å². The fourth-order valence-corrected chi connectivity index (χ4v) is 5.11. The highest BCUT2D eigenvalue weighted by atomic mass is 32.2. The third-order valence-electron chi connectivity index (χ3n) is 6.34. The first-order valence-corrected chi connectivity index (χ1v) is 12.5. The van der Waals surface area contributed by atoms with Crippen LogP contribution in [0.5, 0.6) is 5.75 Å². The smallest absolute Gasteiger partial charge is 0.406 e. The van der Waals surface area contributed by atoms with Gasteiger partial charge < -0.3 is 14.5 Å². The molecule has 2 aliphatic rings. The number of likely N-dealkylation sites (tertiary alicyclic amines) is 2. The van der Waals surface area contributed by atoms with Crippen molar-refractivity contribution in [2.75, 3.05) is 26.2 Å². The lowest BCUT2D eigenvalue weighted by Crippen LogP contribution is -2.35. The molecule has 0 aliphatic carbocycles. The molecule has 2 fully saturated rings. The molecular weight excluding hydrogens is 487 g/mol. The molecule has 2 saturated heterocycles. The largest absolute Gasteiger partial charge is 0.573 e. The molecule has 0 radical (unpaired) electrons. The van der Waals surface area contributed by atoms with E-state index in [9.17, 15) is 31.2 Å². The molecule has 4 rings (SSSR count). The molecule has 2 aromatic carbocycles. The van der Waals surface area contributed by atoms with Crippen LogP contribution in [0.4, 0.5) is 13.2 Å². The number of fused-ring (bicyclic) bond motifs is 1. The van der Waals surface area contributed by atoms with Crippen LogP contribution in [0.2, 0.25) is 0 Å². The SMILES string of the molecule is NS(=O)(=O)c1ccc(C(=O)N2C[C@H]3CN(C(=O)CCc4ccc(OC(F)(F)F)cc4)C[C@@H]3C2)cc1. The summed E-state index contributed by atoms with van der Waals surface area (Å²) in [5.41, 5.74) is 1.11. The number of alkyl halides is 3. The van der Waals surface area contributed by atoms with Gasteiger partial charge in [0.1, 0.15) is 5.75 Å². The molecule has 2 aliphatic heterocycles. The van der Waals surface area contributed by atoms with Crippen molar-refractivity contribution < 1.29 is 35.9 Å². The summed E-state index contributed by atoms with van der Waals surface area (Å²) in [6, 6.07) is 10.9. The van der Waals surface area contributed by atoms with Crippen LogP contribution in [0.1, 0.15) is 22.3 Å². The zero-order valence-electron chi connectivity index (χ0n) is 18.6. The number of benzene rings is 2. The number of sulfonamides is 1. The van der Waals surface area contributed by atoms with Crippen LogP contribution in [0.15, 0.2) is 53.4 Å². The minimum atomic E-state index is -4.75. The van der Waals surface area contributed by atoms with Gasteiger partial charge in [-0.05, 0) is 48.4 Å². The number of hydrogen-bond donors (Lipinski definition) is 1. The number of aryl methyl sites for hydroxylation is 1. The second-order valence-electron chi connectivity index (χ2n) is 8.79. The minimum absolute atomic E-state index is 0.0357. The van der Waals surface area contributed by atoms with Crippen molar-refractivity contribution >= 4 is 21.8 Å². The summed E-state index contributed by atoms with van der Waals surface area (Å²) < 4.78 is 63.4. The second-order valence-corrected chi connectivity index (χ2v) is 10.4. The Labute approximate surface area is 200 Å². The number of primary sulfonamides is 1. The van der Waals surface area contributed by atoms with Crippen molar-refractivity contribution in [3.8, 4) is 5.75 Å². The number of ether oxygens (including phenoxy) is 1. The van der Waals surface area contributed by atoms with Gasteiger partial charge in [0.2, 0.25) is 15.9 Å². The molecule has 12 heteroatoms. The Morgan fingerprint density at radius 3 is 1.97 bits per heavy atom. The molecule has 0 spiro atoms. The predicted molar refractivity (Wildman–Crippen MR) is 119 cm³/mol. The Morgan fingerprint density at radius 1 is 0.914 bits per heavy atom. The van der Waals surface area contributed by atoms with Gasteiger partial charge in [-0.2, -0.15) is 0 Å². The molecule has 0 unspecified atom stereocenters. The highest BCUT2D eigenvalue weighted by molar-refractivity contribution is 7.89. The number of amides is 2. The highest BCUT2D eigenvalue weighted by Crippen LogP contribution is 2.32. The molecule has 35 heavy (non-hydrogen) atoms. The lowest BCUT2D eigenvalue weighted by molar-refractivity contribution is -0.274. The lowest BCUT2D eigenvalue weighted by Gasteiger charge is -2.22. The maximum Gasteiger partial charge on any atom is 0.573 e. The number of carbonyl (C=O) groups excluding carboxylic acids is 2. The number of halogens is 3. The summed E-state index contributed by atoms with van der Waals surface area (Å²) in [7, 11) is -3.83. The first-order valence-electron chi connectivity index (χ1n) is 10.9. The summed E-state index contributed by atoms with van der Waals surface area (Å²) in [5.74, 6) is -0.224. The molecule has 2 atom stereocenters. The topological polar surface area (TPSA) is 110 Å². The van der Waals surface area contributed by atoms with Crippen molar-refractivity contribution in [2.45, 2.75) is 24.1 Å². The van der Waals surface area contributed by atoms with E-state index in [-0.39, 0.29) is 40.7 Å². The molecule has 0 aromatic heterocycles. The first kappa shape index (κ1) is 25.0. The van der Waals surface area contributed by atoms with Gasteiger partial charge in [-0.1, -0.05) is 12.1 Å². The van der Waals surface area contributed by atoms with Crippen LogP contribution in [0, 0.1) is 11.8 Å². The molecule has 2 heterocycles. The molecule has 188 valence electrons. The Kier molecular flexibility index (Phi) is 6.78. The first-order chi connectivity index (χ1) is 16.4. The van der Waals surface area contributed by atoms with Crippen molar-refractivity contribution in [2.24, 2.45) is 17.0 Å². The van der Waals surface area contributed by atoms with Crippen LogP contribution < -0.4 is 9.88 Å². The van der Waals surface area contributed by atoms with E-state index in [0.29, 0.717) is 38.2 Å². The summed E-state index contributed by atoms with van der Waals surface area (Å²) in [5, 5.41) is 5.09. The Bertz CT molecular complexity index is 1190. The molecule has 2 N–H and O–H groups in total.